The standard InChI is InChI=1S/C15H22N2O2.ClH/c1-11-3-4-14(12(2)9-11)19-8-6-15(18)17-7-5-13(16)10-17;/h3-4,9,13H,5-8,10,16H2,1-2H3;1H/t13-;/m1./s1. The second-order valence-electron chi connectivity index (χ2n) is 5.26. The summed E-state index contributed by atoms with van der Waals surface area (Å²) in [5, 5.41) is 0. The third kappa shape index (κ3) is 4.39. The van der Waals surface area contributed by atoms with Gasteiger partial charge in [0, 0.05) is 19.1 Å². The number of hydrogen-bond donors (Lipinski definition) is 1. The molecule has 1 aromatic rings. The van der Waals surface area contributed by atoms with Crippen LogP contribution in [0.3, 0.4) is 0 Å². The molecule has 1 aliphatic rings. The predicted molar refractivity (Wildman–Crippen MR) is 82.4 cm³/mol. The van der Waals surface area contributed by atoms with Crippen molar-refractivity contribution >= 4 is 18.3 Å². The van der Waals surface area contributed by atoms with Gasteiger partial charge in [0.05, 0.1) is 13.0 Å². The Balaban J connectivity index is 0.00000200. The average Bonchev–Trinajstić information content (AvgIpc) is 2.78. The van der Waals surface area contributed by atoms with Gasteiger partial charge in [0.25, 0.3) is 0 Å². The van der Waals surface area contributed by atoms with Gasteiger partial charge in [-0.15, -0.1) is 12.4 Å². The molecule has 112 valence electrons. The maximum absolute atomic E-state index is 11.9. The van der Waals surface area contributed by atoms with E-state index in [1.807, 2.05) is 24.0 Å². The minimum absolute atomic E-state index is 0. The number of nitrogens with zero attached hydrogens (tertiary/aromatic N) is 1. The number of carbonyl (C=O) groups excluding carboxylic acids is 1. The van der Waals surface area contributed by atoms with Crippen LogP contribution in [0.4, 0.5) is 0 Å². The number of amides is 1. The number of rotatable bonds is 4. The second-order valence-corrected chi connectivity index (χ2v) is 5.26. The van der Waals surface area contributed by atoms with Crippen molar-refractivity contribution in [1.29, 1.82) is 0 Å². The first kappa shape index (κ1) is 16.8. The van der Waals surface area contributed by atoms with E-state index >= 15 is 0 Å². The number of aryl methyl sites for hydroxylation is 2. The lowest BCUT2D eigenvalue weighted by Crippen LogP contribution is -2.32. The molecular formula is C15H23ClN2O2. The summed E-state index contributed by atoms with van der Waals surface area (Å²) in [6, 6.07) is 6.20. The van der Waals surface area contributed by atoms with Gasteiger partial charge in [0.1, 0.15) is 5.75 Å². The van der Waals surface area contributed by atoms with E-state index in [1.165, 1.54) is 5.56 Å². The van der Waals surface area contributed by atoms with E-state index < -0.39 is 0 Å². The fraction of sp³-hybridized carbons (Fsp3) is 0.533. The average molecular weight is 299 g/mol. The summed E-state index contributed by atoms with van der Waals surface area (Å²) >= 11 is 0. The van der Waals surface area contributed by atoms with Crippen LogP contribution in [0.25, 0.3) is 0 Å². The largest absolute Gasteiger partial charge is 0.493 e. The van der Waals surface area contributed by atoms with Gasteiger partial charge >= 0.3 is 0 Å². The summed E-state index contributed by atoms with van der Waals surface area (Å²) < 4.78 is 5.67. The quantitative estimate of drug-likeness (QED) is 0.925. The smallest absolute Gasteiger partial charge is 0.226 e. The number of halogens is 1. The van der Waals surface area contributed by atoms with Crippen molar-refractivity contribution in [2.24, 2.45) is 5.73 Å². The summed E-state index contributed by atoms with van der Waals surface area (Å²) in [6.07, 6.45) is 1.32. The maximum atomic E-state index is 11.9. The Bertz CT molecular complexity index is 465. The SMILES string of the molecule is Cc1ccc(OCCC(=O)N2CC[C@@H](N)C2)c(C)c1.Cl. The number of nitrogens with two attached hydrogens (primary N) is 1. The number of carbonyl (C=O) groups is 1. The second kappa shape index (κ2) is 7.50. The minimum atomic E-state index is 0. The normalized spacial score (nSPS) is 17.8. The Labute approximate surface area is 126 Å². The molecule has 20 heavy (non-hydrogen) atoms. The van der Waals surface area contributed by atoms with E-state index in [1.54, 1.807) is 0 Å². The molecule has 0 unspecified atom stereocenters. The Morgan fingerprint density at radius 2 is 2.20 bits per heavy atom. The van der Waals surface area contributed by atoms with E-state index in [4.69, 9.17) is 10.5 Å². The van der Waals surface area contributed by atoms with Crippen LogP contribution in [-0.4, -0.2) is 36.5 Å². The van der Waals surface area contributed by atoms with Crippen LogP contribution in [-0.2, 0) is 4.79 Å². The molecule has 0 spiro atoms. The first-order valence-electron chi connectivity index (χ1n) is 6.79. The monoisotopic (exact) mass is 298 g/mol. The molecule has 0 saturated carbocycles. The molecule has 0 bridgehead atoms. The zero-order chi connectivity index (χ0) is 13.8. The minimum Gasteiger partial charge on any atom is -0.493 e. The Kier molecular flexibility index (Phi) is 6.30. The van der Waals surface area contributed by atoms with Gasteiger partial charge in [-0.3, -0.25) is 4.79 Å². The Morgan fingerprint density at radius 3 is 2.80 bits per heavy atom. The van der Waals surface area contributed by atoms with Crippen LogP contribution in [0.2, 0.25) is 0 Å². The van der Waals surface area contributed by atoms with E-state index in [-0.39, 0.29) is 24.4 Å². The lowest BCUT2D eigenvalue weighted by atomic mass is 10.1. The van der Waals surface area contributed by atoms with Crippen LogP contribution in [0.5, 0.6) is 5.75 Å². The molecule has 5 heteroatoms. The van der Waals surface area contributed by atoms with E-state index in [9.17, 15) is 4.79 Å². The molecular weight excluding hydrogens is 276 g/mol. The van der Waals surface area contributed by atoms with Crippen LogP contribution < -0.4 is 10.5 Å². The van der Waals surface area contributed by atoms with Crippen molar-refractivity contribution in [3.63, 3.8) is 0 Å². The van der Waals surface area contributed by atoms with Gasteiger partial charge in [0.2, 0.25) is 5.91 Å². The summed E-state index contributed by atoms with van der Waals surface area (Å²) in [4.78, 5) is 13.7. The lowest BCUT2D eigenvalue weighted by Gasteiger charge is -2.16. The third-order valence-electron chi connectivity index (χ3n) is 3.48. The molecule has 1 aromatic carbocycles. The van der Waals surface area contributed by atoms with Crippen molar-refractivity contribution < 1.29 is 9.53 Å². The topological polar surface area (TPSA) is 55.6 Å². The molecule has 0 aromatic heterocycles. The highest BCUT2D eigenvalue weighted by Crippen LogP contribution is 2.19. The third-order valence-corrected chi connectivity index (χ3v) is 3.48. The molecule has 1 fully saturated rings. The summed E-state index contributed by atoms with van der Waals surface area (Å²) in [6.45, 7) is 5.96. The van der Waals surface area contributed by atoms with Gasteiger partial charge in [-0.05, 0) is 31.9 Å². The van der Waals surface area contributed by atoms with Gasteiger partial charge in [0.15, 0.2) is 0 Å². The molecule has 0 radical (unpaired) electrons. The first-order chi connectivity index (χ1) is 9.06. The maximum Gasteiger partial charge on any atom is 0.226 e. The molecule has 1 atom stereocenters. The van der Waals surface area contributed by atoms with Crippen molar-refractivity contribution in [2.45, 2.75) is 32.7 Å². The Hall–Kier alpha value is -1.26. The molecule has 1 aliphatic heterocycles. The highest BCUT2D eigenvalue weighted by Gasteiger charge is 2.23. The number of ether oxygens (including phenoxy) is 1. The van der Waals surface area contributed by atoms with Crippen LogP contribution in [0, 0.1) is 13.8 Å². The zero-order valence-corrected chi connectivity index (χ0v) is 12.9. The van der Waals surface area contributed by atoms with Gasteiger partial charge in [-0.1, -0.05) is 17.7 Å². The van der Waals surface area contributed by atoms with E-state index in [0.29, 0.717) is 19.6 Å². The molecule has 0 aliphatic carbocycles. The molecule has 1 amide bonds. The van der Waals surface area contributed by atoms with Crippen molar-refractivity contribution in [2.75, 3.05) is 19.7 Å². The van der Waals surface area contributed by atoms with E-state index in [2.05, 4.69) is 13.0 Å². The Morgan fingerprint density at radius 1 is 1.45 bits per heavy atom. The lowest BCUT2D eigenvalue weighted by molar-refractivity contribution is -0.130. The summed E-state index contributed by atoms with van der Waals surface area (Å²) in [5.41, 5.74) is 8.11. The molecule has 1 heterocycles. The van der Waals surface area contributed by atoms with Crippen LogP contribution >= 0.6 is 12.4 Å². The van der Waals surface area contributed by atoms with Crippen LogP contribution in [0.15, 0.2) is 18.2 Å². The number of hydrogen-bond acceptors (Lipinski definition) is 3. The van der Waals surface area contributed by atoms with Crippen LogP contribution in [0.1, 0.15) is 24.0 Å². The highest BCUT2D eigenvalue weighted by atomic mass is 35.5. The zero-order valence-electron chi connectivity index (χ0n) is 12.1. The van der Waals surface area contributed by atoms with Gasteiger partial charge < -0.3 is 15.4 Å². The van der Waals surface area contributed by atoms with Crippen molar-refractivity contribution in [3.8, 4) is 5.75 Å². The summed E-state index contributed by atoms with van der Waals surface area (Å²) in [5.74, 6) is 0.995. The molecule has 4 nitrogen and oxygen atoms in total. The van der Waals surface area contributed by atoms with Gasteiger partial charge in [-0.2, -0.15) is 0 Å². The van der Waals surface area contributed by atoms with Crippen molar-refractivity contribution in [1.82, 2.24) is 4.90 Å². The number of likely N-dealkylation sites (tertiary alicyclic amines) is 1. The fourth-order valence-electron chi connectivity index (χ4n) is 2.38. The van der Waals surface area contributed by atoms with Gasteiger partial charge in [-0.25, -0.2) is 0 Å². The molecule has 2 N–H and O–H groups in total. The number of benzene rings is 1. The fourth-order valence-corrected chi connectivity index (χ4v) is 2.38. The van der Waals surface area contributed by atoms with E-state index in [0.717, 1.165) is 24.3 Å². The first-order valence-corrected chi connectivity index (χ1v) is 6.79. The highest BCUT2D eigenvalue weighted by molar-refractivity contribution is 5.85. The summed E-state index contributed by atoms with van der Waals surface area (Å²) in [7, 11) is 0. The predicted octanol–water partition coefficient (Wildman–Crippen LogP) is 2.05. The molecule has 1 saturated heterocycles. The molecule has 2 rings (SSSR count). The van der Waals surface area contributed by atoms with Crippen molar-refractivity contribution in [3.05, 3.63) is 29.3 Å².